The summed E-state index contributed by atoms with van der Waals surface area (Å²) >= 11 is 3.19. The first kappa shape index (κ1) is 9.71. The number of alkyl halides is 1. The van der Waals surface area contributed by atoms with Crippen LogP contribution < -0.4 is 0 Å². The zero-order valence-electron chi connectivity index (χ0n) is 6.93. The summed E-state index contributed by atoms with van der Waals surface area (Å²) in [6.07, 6.45) is 1.91. The van der Waals surface area contributed by atoms with Gasteiger partial charge in [0.1, 0.15) is 5.41 Å². The Labute approximate surface area is 79.6 Å². The second kappa shape index (κ2) is 3.56. The Morgan fingerprint density at radius 2 is 2.42 bits per heavy atom. The maximum absolute atomic E-state index is 11.4. The van der Waals surface area contributed by atoms with Gasteiger partial charge in [0.15, 0.2) is 5.78 Å². The molecule has 68 valence electrons. The predicted molar refractivity (Wildman–Crippen MR) is 47.1 cm³/mol. The molecule has 0 aromatic rings. The first-order valence-electron chi connectivity index (χ1n) is 3.85. The first-order valence-corrected chi connectivity index (χ1v) is 4.97. The Kier molecular flexibility index (Phi) is 2.88. The zero-order valence-corrected chi connectivity index (χ0v) is 8.52. The van der Waals surface area contributed by atoms with Crippen molar-refractivity contribution in [2.24, 2.45) is 5.41 Å². The molecule has 0 spiro atoms. The summed E-state index contributed by atoms with van der Waals surface area (Å²) in [6, 6.07) is 0. The standard InChI is InChI=1S/C8H11BrO3/c1-12-7(11)8(5-9)4-2-3-6(8)10/h2-5H2,1H3. The van der Waals surface area contributed by atoms with Gasteiger partial charge in [-0.15, -0.1) is 0 Å². The van der Waals surface area contributed by atoms with Crippen molar-refractivity contribution in [2.75, 3.05) is 12.4 Å². The van der Waals surface area contributed by atoms with Gasteiger partial charge in [0.25, 0.3) is 0 Å². The average molecular weight is 235 g/mol. The second-order valence-electron chi connectivity index (χ2n) is 2.98. The van der Waals surface area contributed by atoms with Crippen molar-refractivity contribution in [2.45, 2.75) is 19.3 Å². The van der Waals surface area contributed by atoms with Gasteiger partial charge in [-0.05, 0) is 12.8 Å². The maximum Gasteiger partial charge on any atom is 0.320 e. The van der Waals surface area contributed by atoms with Crippen LogP contribution in [0.25, 0.3) is 0 Å². The number of carbonyl (C=O) groups excluding carboxylic acids is 2. The van der Waals surface area contributed by atoms with E-state index in [4.69, 9.17) is 0 Å². The molecule has 1 atom stereocenters. The third-order valence-electron chi connectivity index (χ3n) is 2.35. The van der Waals surface area contributed by atoms with Crippen LogP contribution in [0.15, 0.2) is 0 Å². The van der Waals surface area contributed by atoms with Crippen LogP contribution in [0.3, 0.4) is 0 Å². The molecule has 0 saturated heterocycles. The van der Waals surface area contributed by atoms with Crippen LogP contribution in [0.5, 0.6) is 0 Å². The highest BCUT2D eigenvalue weighted by atomic mass is 79.9. The highest BCUT2D eigenvalue weighted by Gasteiger charge is 2.48. The molecular weight excluding hydrogens is 224 g/mol. The number of methoxy groups -OCH3 is 1. The molecule has 12 heavy (non-hydrogen) atoms. The van der Waals surface area contributed by atoms with Gasteiger partial charge in [-0.25, -0.2) is 0 Å². The van der Waals surface area contributed by atoms with E-state index in [0.29, 0.717) is 18.2 Å². The van der Waals surface area contributed by atoms with Gasteiger partial charge in [-0.2, -0.15) is 0 Å². The summed E-state index contributed by atoms with van der Waals surface area (Å²) in [4.78, 5) is 22.7. The second-order valence-corrected chi connectivity index (χ2v) is 3.54. The van der Waals surface area contributed by atoms with Crippen molar-refractivity contribution in [1.29, 1.82) is 0 Å². The molecule has 0 aliphatic heterocycles. The fraction of sp³-hybridized carbons (Fsp3) is 0.750. The van der Waals surface area contributed by atoms with E-state index in [1.165, 1.54) is 7.11 Å². The van der Waals surface area contributed by atoms with Crippen molar-refractivity contribution in [1.82, 2.24) is 0 Å². The SMILES string of the molecule is COC(=O)C1(CBr)CCCC1=O. The number of esters is 1. The molecule has 1 aliphatic carbocycles. The Bertz CT molecular complexity index is 214. The van der Waals surface area contributed by atoms with Crippen LogP contribution in [0, 0.1) is 5.41 Å². The predicted octanol–water partition coefficient (Wildman–Crippen LogP) is 1.29. The number of hydrogen-bond donors (Lipinski definition) is 0. The third kappa shape index (κ3) is 1.28. The number of ketones is 1. The molecule has 0 aromatic carbocycles. The molecule has 0 N–H and O–H groups in total. The minimum absolute atomic E-state index is 0.00576. The number of Topliss-reactive ketones (excluding diaryl/α,β-unsaturated/α-hetero) is 1. The summed E-state index contributed by atoms with van der Waals surface area (Å²) in [7, 11) is 1.32. The lowest BCUT2D eigenvalue weighted by Gasteiger charge is -2.20. The molecule has 0 bridgehead atoms. The fourth-order valence-corrected chi connectivity index (χ4v) is 2.36. The topological polar surface area (TPSA) is 43.4 Å². The van der Waals surface area contributed by atoms with E-state index in [9.17, 15) is 9.59 Å². The molecule has 0 aromatic heterocycles. The van der Waals surface area contributed by atoms with Crippen molar-refractivity contribution in [3.63, 3.8) is 0 Å². The lowest BCUT2D eigenvalue weighted by Crippen LogP contribution is -2.37. The smallest absolute Gasteiger partial charge is 0.320 e. The molecule has 1 unspecified atom stereocenters. The van der Waals surface area contributed by atoms with Gasteiger partial charge < -0.3 is 4.74 Å². The molecule has 1 saturated carbocycles. The highest BCUT2D eigenvalue weighted by Crippen LogP contribution is 2.37. The molecule has 1 rings (SSSR count). The first-order chi connectivity index (χ1) is 5.67. The molecule has 4 heteroatoms. The van der Waals surface area contributed by atoms with E-state index in [2.05, 4.69) is 20.7 Å². The van der Waals surface area contributed by atoms with Crippen molar-refractivity contribution < 1.29 is 14.3 Å². The molecule has 0 radical (unpaired) electrons. The number of ether oxygens (including phenoxy) is 1. The lowest BCUT2D eigenvalue weighted by atomic mass is 9.88. The number of hydrogen-bond acceptors (Lipinski definition) is 3. The van der Waals surface area contributed by atoms with Gasteiger partial charge in [0.05, 0.1) is 7.11 Å². The number of halogens is 1. The fourth-order valence-electron chi connectivity index (χ4n) is 1.54. The van der Waals surface area contributed by atoms with Crippen LogP contribution in [0.1, 0.15) is 19.3 Å². The van der Waals surface area contributed by atoms with Crippen molar-refractivity contribution in [3.05, 3.63) is 0 Å². The van der Waals surface area contributed by atoms with Crippen LogP contribution in [-0.4, -0.2) is 24.2 Å². The van der Waals surface area contributed by atoms with E-state index in [-0.39, 0.29) is 5.78 Å². The molecule has 0 heterocycles. The summed E-state index contributed by atoms with van der Waals surface area (Å²) in [5.41, 5.74) is -0.880. The number of rotatable bonds is 2. The summed E-state index contributed by atoms with van der Waals surface area (Å²) in [5.74, 6) is -0.395. The van der Waals surface area contributed by atoms with Gasteiger partial charge in [-0.1, -0.05) is 15.9 Å². The minimum atomic E-state index is -0.880. The quantitative estimate of drug-likeness (QED) is 0.411. The van der Waals surface area contributed by atoms with Gasteiger partial charge in [0, 0.05) is 11.8 Å². The van der Waals surface area contributed by atoms with Crippen LogP contribution in [0.2, 0.25) is 0 Å². The Morgan fingerprint density at radius 3 is 2.75 bits per heavy atom. The van der Waals surface area contributed by atoms with Gasteiger partial charge in [-0.3, -0.25) is 9.59 Å². The zero-order chi connectivity index (χ0) is 9.19. The van der Waals surface area contributed by atoms with Crippen molar-refractivity contribution >= 4 is 27.7 Å². The van der Waals surface area contributed by atoms with E-state index < -0.39 is 11.4 Å². The average Bonchev–Trinajstić information content (AvgIpc) is 2.46. The Hall–Kier alpha value is -0.380. The molecule has 3 nitrogen and oxygen atoms in total. The Balaban J connectivity index is 2.88. The summed E-state index contributed by atoms with van der Waals surface area (Å²) < 4.78 is 4.61. The summed E-state index contributed by atoms with van der Waals surface area (Å²) in [5, 5.41) is 0.380. The minimum Gasteiger partial charge on any atom is -0.468 e. The third-order valence-corrected chi connectivity index (χ3v) is 3.30. The van der Waals surface area contributed by atoms with Crippen LogP contribution in [0.4, 0.5) is 0 Å². The highest BCUT2D eigenvalue weighted by molar-refractivity contribution is 9.09. The Morgan fingerprint density at radius 1 is 1.75 bits per heavy atom. The molecular formula is C8H11BrO3. The summed E-state index contributed by atoms with van der Waals surface area (Å²) in [6.45, 7) is 0. The van der Waals surface area contributed by atoms with Gasteiger partial charge in [0.2, 0.25) is 0 Å². The van der Waals surface area contributed by atoms with Crippen molar-refractivity contribution in [3.8, 4) is 0 Å². The number of carbonyl (C=O) groups is 2. The largest absolute Gasteiger partial charge is 0.468 e. The molecule has 1 fully saturated rings. The van der Waals surface area contributed by atoms with E-state index in [0.717, 1.165) is 6.42 Å². The lowest BCUT2D eigenvalue weighted by molar-refractivity contribution is -0.154. The molecule has 1 aliphatic rings. The molecule has 0 amide bonds. The van der Waals surface area contributed by atoms with Crippen LogP contribution in [-0.2, 0) is 14.3 Å². The van der Waals surface area contributed by atoms with Gasteiger partial charge >= 0.3 is 5.97 Å². The normalized spacial score (nSPS) is 29.0. The van der Waals surface area contributed by atoms with E-state index in [1.54, 1.807) is 0 Å². The van der Waals surface area contributed by atoms with E-state index >= 15 is 0 Å². The maximum atomic E-state index is 11.4. The monoisotopic (exact) mass is 234 g/mol. The van der Waals surface area contributed by atoms with E-state index in [1.807, 2.05) is 0 Å². The van der Waals surface area contributed by atoms with Crippen LogP contribution >= 0.6 is 15.9 Å².